The minimum absolute atomic E-state index is 0.0403. The molecule has 0 amide bonds. The summed E-state index contributed by atoms with van der Waals surface area (Å²) in [7, 11) is 0. The van der Waals surface area contributed by atoms with Crippen LogP contribution in [-0.4, -0.2) is 20.0 Å². The molecule has 0 radical (unpaired) electrons. The molecule has 3 heterocycles. The molecule has 8 nitrogen and oxygen atoms in total. The summed E-state index contributed by atoms with van der Waals surface area (Å²) >= 11 is 1.47. The number of ether oxygens (including phenoxy) is 1. The van der Waals surface area contributed by atoms with Crippen molar-refractivity contribution in [2.24, 2.45) is 0 Å². The van der Waals surface area contributed by atoms with Crippen LogP contribution in [0.5, 0.6) is 5.75 Å². The molecule has 0 aromatic carbocycles. The highest BCUT2D eigenvalue weighted by molar-refractivity contribution is 7.13. The molecule has 0 aliphatic carbocycles. The third-order valence-electron chi connectivity index (χ3n) is 2.48. The third-order valence-corrected chi connectivity index (χ3v) is 3.34. The van der Waals surface area contributed by atoms with Crippen molar-refractivity contribution in [2.75, 3.05) is 0 Å². The van der Waals surface area contributed by atoms with Crippen LogP contribution in [-0.2, 0) is 6.61 Å². The number of nitro groups is 1. The van der Waals surface area contributed by atoms with Crippen LogP contribution in [0.2, 0.25) is 0 Å². The maximum absolute atomic E-state index is 10.8. The maximum Gasteiger partial charge on any atom is 0.406 e. The SMILES string of the molecule is O=[N+]([O-])c1ncccc1OCc1noc(-c2cccs2)n1. The second-order valence-electron chi connectivity index (χ2n) is 3.86. The zero-order valence-electron chi connectivity index (χ0n) is 10.5. The van der Waals surface area contributed by atoms with Gasteiger partial charge in [0, 0.05) is 0 Å². The van der Waals surface area contributed by atoms with Gasteiger partial charge < -0.3 is 19.4 Å². The fraction of sp³-hybridized carbons (Fsp3) is 0.0833. The van der Waals surface area contributed by atoms with E-state index in [-0.39, 0.29) is 18.2 Å². The van der Waals surface area contributed by atoms with Crippen LogP contribution in [0.15, 0.2) is 40.4 Å². The van der Waals surface area contributed by atoms with Gasteiger partial charge in [-0.2, -0.15) is 4.98 Å². The predicted molar refractivity (Wildman–Crippen MR) is 72.8 cm³/mol. The Morgan fingerprint density at radius 1 is 1.38 bits per heavy atom. The molecule has 0 N–H and O–H groups in total. The van der Waals surface area contributed by atoms with E-state index >= 15 is 0 Å². The molecule has 21 heavy (non-hydrogen) atoms. The monoisotopic (exact) mass is 304 g/mol. The number of pyridine rings is 1. The Labute approximate surface area is 122 Å². The first-order valence-electron chi connectivity index (χ1n) is 5.82. The first-order chi connectivity index (χ1) is 10.2. The molecule has 3 aromatic rings. The quantitative estimate of drug-likeness (QED) is 0.527. The van der Waals surface area contributed by atoms with E-state index < -0.39 is 4.92 Å². The summed E-state index contributed by atoms with van der Waals surface area (Å²) < 4.78 is 10.4. The lowest BCUT2D eigenvalue weighted by atomic mass is 10.4. The van der Waals surface area contributed by atoms with E-state index in [4.69, 9.17) is 9.26 Å². The van der Waals surface area contributed by atoms with Gasteiger partial charge in [0.15, 0.2) is 6.61 Å². The summed E-state index contributed by atoms with van der Waals surface area (Å²) in [5, 5.41) is 16.5. The lowest BCUT2D eigenvalue weighted by Crippen LogP contribution is -2.01. The summed E-state index contributed by atoms with van der Waals surface area (Å²) in [4.78, 5) is 18.9. The largest absolute Gasteiger partial charge is 0.477 e. The fourth-order valence-corrected chi connectivity index (χ4v) is 2.23. The van der Waals surface area contributed by atoms with Crippen LogP contribution in [0.1, 0.15) is 5.82 Å². The molecule has 3 aromatic heterocycles. The molecule has 0 fully saturated rings. The van der Waals surface area contributed by atoms with Gasteiger partial charge in [-0.1, -0.05) is 11.2 Å². The average Bonchev–Trinajstić information content (AvgIpc) is 3.16. The number of aromatic nitrogens is 3. The van der Waals surface area contributed by atoms with Crippen molar-refractivity contribution >= 4 is 17.2 Å². The summed E-state index contributed by atoms with van der Waals surface area (Å²) in [6.07, 6.45) is 1.33. The molecule has 0 bridgehead atoms. The standard InChI is InChI=1S/C12H8N4O4S/c17-16(18)11-8(3-1-5-13-11)19-7-10-14-12(20-15-10)9-4-2-6-21-9/h1-6H,7H2. The van der Waals surface area contributed by atoms with Gasteiger partial charge in [-0.25, -0.2) is 0 Å². The zero-order chi connectivity index (χ0) is 14.7. The summed E-state index contributed by atoms with van der Waals surface area (Å²) in [6, 6.07) is 6.75. The lowest BCUT2D eigenvalue weighted by Gasteiger charge is -2.02. The summed E-state index contributed by atoms with van der Waals surface area (Å²) in [5.41, 5.74) is 0. The molecule has 0 saturated carbocycles. The van der Waals surface area contributed by atoms with E-state index in [0.717, 1.165) is 4.88 Å². The number of hydrogen-bond acceptors (Lipinski definition) is 8. The topological polar surface area (TPSA) is 104 Å². The van der Waals surface area contributed by atoms with Crippen molar-refractivity contribution in [1.29, 1.82) is 0 Å². The molecule has 0 unspecified atom stereocenters. The number of thiophene rings is 1. The van der Waals surface area contributed by atoms with Gasteiger partial charge in [0.05, 0.1) is 4.88 Å². The highest BCUT2D eigenvalue weighted by atomic mass is 32.1. The average molecular weight is 304 g/mol. The zero-order valence-corrected chi connectivity index (χ0v) is 11.3. The van der Waals surface area contributed by atoms with E-state index in [9.17, 15) is 10.1 Å². The molecule has 0 atom stereocenters. The van der Waals surface area contributed by atoms with E-state index in [1.807, 2.05) is 17.5 Å². The van der Waals surface area contributed by atoms with Gasteiger partial charge in [0.25, 0.3) is 5.89 Å². The van der Waals surface area contributed by atoms with Crippen LogP contribution in [0.4, 0.5) is 5.82 Å². The Balaban J connectivity index is 1.73. The third kappa shape index (κ3) is 2.87. The molecule has 0 aliphatic rings. The minimum atomic E-state index is -0.608. The smallest absolute Gasteiger partial charge is 0.406 e. The predicted octanol–water partition coefficient (Wildman–Crippen LogP) is 2.68. The molecule has 3 rings (SSSR count). The Kier molecular flexibility index (Phi) is 3.56. The lowest BCUT2D eigenvalue weighted by molar-refractivity contribution is -0.390. The van der Waals surface area contributed by atoms with Crippen LogP contribution in [0, 0.1) is 10.1 Å². The van der Waals surface area contributed by atoms with Crippen molar-refractivity contribution < 1.29 is 14.2 Å². The highest BCUT2D eigenvalue weighted by Gasteiger charge is 2.17. The molecule has 0 saturated heterocycles. The summed E-state index contributed by atoms with van der Waals surface area (Å²) in [6.45, 7) is -0.0403. The van der Waals surface area contributed by atoms with E-state index in [2.05, 4.69) is 15.1 Å². The van der Waals surface area contributed by atoms with Crippen molar-refractivity contribution in [1.82, 2.24) is 15.1 Å². The van der Waals surface area contributed by atoms with Gasteiger partial charge in [0.1, 0.15) is 6.20 Å². The number of hydrogen-bond donors (Lipinski definition) is 0. The van der Waals surface area contributed by atoms with Gasteiger partial charge in [-0.15, -0.1) is 11.3 Å². The van der Waals surface area contributed by atoms with Crippen LogP contribution < -0.4 is 4.74 Å². The van der Waals surface area contributed by atoms with Gasteiger partial charge in [-0.3, -0.25) is 0 Å². The maximum atomic E-state index is 10.8. The molecule has 0 spiro atoms. The van der Waals surface area contributed by atoms with Crippen molar-refractivity contribution in [3.8, 4) is 16.5 Å². The van der Waals surface area contributed by atoms with Gasteiger partial charge >= 0.3 is 5.82 Å². The first-order valence-corrected chi connectivity index (χ1v) is 6.70. The van der Waals surface area contributed by atoms with Crippen molar-refractivity contribution in [2.45, 2.75) is 6.61 Å². The van der Waals surface area contributed by atoms with Crippen LogP contribution in [0.3, 0.4) is 0 Å². The second kappa shape index (κ2) is 5.67. The van der Waals surface area contributed by atoms with Crippen molar-refractivity contribution in [3.63, 3.8) is 0 Å². The van der Waals surface area contributed by atoms with E-state index in [0.29, 0.717) is 11.7 Å². The van der Waals surface area contributed by atoms with Gasteiger partial charge in [-0.05, 0) is 33.5 Å². The first kappa shape index (κ1) is 13.2. The molecule has 106 valence electrons. The molecule has 9 heteroatoms. The Hall–Kier alpha value is -2.81. The normalized spacial score (nSPS) is 10.5. The van der Waals surface area contributed by atoms with Crippen molar-refractivity contribution in [3.05, 3.63) is 51.8 Å². The second-order valence-corrected chi connectivity index (χ2v) is 4.81. The molecular weight excluding hydrogens is 296 g/mol. The summed E-state index contributed by atoms with van der Waals surface area (Å²) in [5.74, 6) is 0.408. The molecular formula is C12H8N4O4S. The molecule has 0 aliphatic heterocycles. The number of nitrogens with zero attached hydrogens (tertiary/aromatic N) is 4. The fourth-order valence-electron chi connectivity index (χ4n) is 1.59. The Morgan fingerprint density at radius 2 is 2.29 bits per heavy atom. The Morgan fingerprint density at radius 3 is 3.05 bits per heavy atom. The highest BCUT2D eigenvalue weighted by Crippen LogP contribution is 2.25. The van der Waals surface area contributed by atoms with Gasteiger partial charge in [0.2, 0.25) is 11.6 Å². The Bertz CT molecular complexity index is 756. The van der Waals surface area contributed by atoms with Crippen LogP contribution in [0.25, 0.3) is 10.8 Å². The minimum Gasteiger partial charge on any atom is -0.477 e. The van der Waals surface area contributed by atoms with E-state index in [1.165, 1.54) is 23.6 Å². The number of rotatable bonds is 5. The van der Waals surface area contributed by atoms with E-state index in [1.54, 1.807) is 6.07 Å². The van der Waals surface area contributed by atoms with Crippen LogP contribution >= 0.6 is 11.3 Å².